The SMILES string of the molecule is CC(C)NC(=O)C(C)Nc1ccc2scnc2c1[N+](=O)[O-]. The van der Waals surface area contributed by atoms with Crippen LogP contribution in [0.15, 0.2) is 17.6 Å². The molecule has 1 atom stereocenters. The second kappa shape index (κ2) is 6.04. The Bertz CT molecular complexity index is 683. The number of benzene rings is 1. The van der Waals surface area contributed by atoms with Crippen LogP contribution in [0.4, 0.5) is 11.4 Å². The summed E-state index contributed by atoms with van der Waals surface area (Å²) in [4.78, 5) is 26.8. The lowest BCUT2D eigenvalue weighted by Gasteiger charge is -2.17. The van der Waals surface area contributed by atoms with Crippen molar-refractivity contribution in [2.75, 3.05) is 5.32 Å². The predicted molar refractivity (Wildman–Crippen MR) is 82.6 cm³/mol. The van der Waals surface area contributed by atoms with Crippen LogP contribution < -0.4 is 10.6 Å². The van der Waals surface area contributed by atoms with E-state index in [9.17, 15) is 14.9 Å². The van der Waals surface area contributed by atoms with Crippen molar-refractivity contribution in [3.63, 3.8) is 0 Å². The molecule has 0 aliphatic rings. The zero-order valence-corrected chi connectivity index (χ0v) is 12.7. The Labute approximate surface area is 125 Å². The molecule has 0 saturated heterocycles. The Morgan fingerprint density at radius 2 is 2.10 bits per heavy atom. The van der Waals surface area contributed by atoms with Crippen LogP contribution in [0.2, 0.25) is 0 Å². The molecule has 0 bridgehead atoms. The average Bonchev–Trinajstić information content (AvgIpc) is 2.85. The molecule has 0 saturated carbocycles. The smallest absolute Gasteiger partial charge is 0.319 e. The monoisotopic (exact) mass is 308 g/mol. The molecule has 2 N–H and O–H groups in total. The number of carbonyl (C=O) groups is 1. The van der Waals surface area contributed by atoms with Gasteiger partial charge in [0, 0.05) is 6.04 Å². The van der Waals surface area contributed by atoms with E-state index in [4.69, 9.17) is 0 Å². The van der Waals surface area contributed by atoms with Gasteiger partial charge in [-0.1, -0.05) is 0 Å². The lowest BCUT2D eigenvalue weighted by molar-refractivity contribution is -0.382. The maximum absolute atomic E-state index is 11.9. The van der Waals surface area contributed by atoms with Crippen LogP contribution in [0, 0.1) is 10.1 Å². The molecule has 2 aromatic rings. The van der Waals surface area contributed by atoms with E-state index in [1.165, 1.54) is 11.3 Å². The number of fused-ring (bicyclic) bond motifs is 1. The van der Waals surface area contributed by atoms with Gasteiger partial charge in [-0.15, -0.1) is 11.3 Å². The lowest BCUT2D eigenvalue weighted by Crippen LogP contribution is -2.41. The molecule has 0 radical (unpaired) electrons. The fraction of sp³-hybridized carbons (Fsp3) is 0.385. The number of nitro benzene ring substituents is 1. The Balaban J connectivity index is 2.31. The summed E-state index contributed by atoms with van der Waals surface area (Å²) in [5.41, 5.74) is 2.10. The topological polar surface area (TPSA) is 97.2 Å². The minimum atomic E-state index is -0.581. The number of carbonyl (C=O) groups excluding carboxylic acids is 1. The van der Waals surface area contributed by atoms with Crippen molar-refractivity contribution in [1.29, 1.82) is 0 Å². The second-order valence-electron chi connectivity index (χ2n) is 4.95. The van der Waals surface area contributed by atoms with E-state index in [0.29, 0.717) is 11.2 Å². The Morgan fingerprint density at radius 1 is 1.38 bits per heavy atom. The Hall–Kier alpha value is -2.22. The third kappa shape index (κ3) is 3.27. The standard InChI is InChI=1S/C13H16N4O3S/c1-7(2)15-13(18)8(3)16-9-4-5-10-11(14-6-21-10)12(9)17(19)20/h4-8,16H,1-3H3,(H,15,18). The maximum Gasteiger partial charge on any atom is 0.319 e. The molecule has 0 fully saturated rings. The highest BCUT2D eigenvalue weighted by atomic mass is 32.1. The quantitative estimate of drug-likeness (QED) is 0.653. The number of aromatic nitrogens is 1. The molecular weight excluding hydrogens is 292 g/mol. The number of anilines is 1. The first-order valence-electron chi connectivity index (χ1n) is 6.47. The van der Waals surface area contributed by atoms with Crippen molar-refractivity contribution in [1.82, 2.24) is 10.3 Å². The normalized spacial score (nSPS) is 12.4. The highest BCUT2D eigenvalue weighted by molar-refractivity contribution is 7.16. The number of rotatable bonds is 5. The van der Waals surface area contributed by atoms with Gasteiger partial charge in [0.1, 0.15) is 11.7 Å². The third-order valence-corrected chi connectivity index (χ3v) is 3.65. The van der Waals surface area contributed by atoms with Crippen molar-refractivity contribution >= 4 is 38.8 Å². The highest BCUT2D eigenvalue weighted by Gasteiger charge is 2.23. The fourth-order valence-electron chi connectivity index (χ4n) is 1.93. The van der Waals surface area contributed by atoms with Crippen molar-refractivity contribution < 1.29 is 9.72 Å². The van der Waals surface area contributed by atoms with E-state index < -0.39 is 11.0 Å². The van der Waals surface area contributed by atoms with Gasteiger partial charge < -0.3 is 10.6 Å². The van der Waals surface area contributed by atoms with E-state index in [2.05, 4.69) is 15.6 Å². The first-order valence-corrected chi connectivity index (χ1v) is 7.35. The summed E-state index contributed by atoms with van der Waals surface area (Å²) in [5, 5.41) is 16.9. The summed E-state index contributed by atoms with van der Waals surface area (Å²) in [7, 11) is 0. The molecule has 1 aromatic carbocycles. The first-order chi connectivity index (χ1) is 9.90. The van der Waals surface area contributed by atoms with E-state index in [0.717, 1.165) is 4.70 Å². The van der Waals surface area contributed by atoms with Gasteiger partial charge in [-0.25, -0.2) is 4.98 Å². The summed E-state index contributed by atoms with van der Waals surface area (Å²) in [6, 6.07) is 2.80. The van der Waals surface area contributed by atoms with E-state index in [-0.39, 0.29) is 17.6 Å². The minimum Gasteiger partial charge on any atom is -0.368 e. The molecule has 1 aromatic heterocycles. The van der Waals surface area contributed by atoms with Gasteiger partial charge in [0.2, 0.25) is 5.91 Å². The molecular formula is C13H16N4O3S. The molecule has 0 aliphatic heterocycles. The van der Waals surface area contributed by atoms with Gasteiger partial charge in [0.25, 0.3) is 0 Å². The zero-order valence-electron chi connectivity index (χ0n) is 11.9. The van der Waals surface area contributed by atoms with Crippen molar-refractivity contribution in [2.24, 2.45) is 0 Å². The third-order valence-electron chi connectivity index (χ3n) is 2.85. The first kappa shape index (κ1) is 15.2. The van der Waals surface area contributed by atoms with E-state index >= 15 is 0 Å². The van der Waals surface area contributed by atoms with Gasteiger partial charge in [-0.2, -0.15) is 0 Å². The fourth-order valence-corrected chi connectivity index (χ4v) is 2.61. The number of nitro groups is 1. The zero-order chi connectivity index (χ0) is 15.6. The number of nitrogens with one attached hydrogen (secondary N) is 2. The van der Waals surface area contributed by atoms with Crippen molar-refractivity contribution in [2.45, 2.75) is 32.9 Å². The number of hydrogen-bond donors (Lipinski definition) is 2. The lowest BCUT2D eigenvalue weighted by atomic mass is 10.2. The van der Waals surface area contributed by atoms with E-state index in [1.54, 1.807) is 24.6 Å². The van der Waals surface area contributed by atoms with Crippen LogP contribution in [0.1, 0.15) is 20.8 Å². The number of thiazole rings is 1. The molecule has 7 nitrogen and oxygen atoms in total. The predicted octanol–water partition coefficient (Wildman–Crippen LogP) is 2.53. The molecule has 1 amide bonds. The van der Waals surface area contributed by atoms with Crippen molar-refractivity contribution in [3.05, 3.63) is 27.8 Å². The van der Waals surface area contributed by atoms with Crippen LogP contribution in [-0.2, 0) is 4.79 Å². The Kier molecular flexibility index (Phi) is 4.37. The molecule has 0 spiro atoms. The molecule has 2 rings (SSSR count). The number of hydrogen-bond acceptors (Lipinski definition) is 6. The van der Waals surface area contributed by atoms with Gasteiger partial charge in [-0.3, -0.25) is 14.9 Å². The Morgan fingerprint density at radius 3 is 2.71 bits per heavy atom. The second-order valence-corrected chi connectivity index (χ2v) is 5.83. The van der Waals surface area contributed by atoms with Crippen LogP contribution in [0.25, 0.3) is 10.2 Å². The van der Waals surface area contributed by atoms with Gasteiger partial charge in [-0.05, 0) is 32.9 Å². The van der Waals surface area contributed by atoms with Crippen LogP contribution in [0.5, 0.6) is 0 Å². The van der Waals surface area contributed by atoms with E-state index in [1.807, 2.05) is 13.8 Å². The van der Waals surface area contributed by atoms with Gasteiger partial charge >= 0.3 is 5.69 Å². The molecule has 1 unspecified atom stereocenters. The van der Waals surface area contributed by atoms with Crippen LogP contribution in [0.3, 0.4) is 0 Å². The molecule has 8 heteroatoms. The number of nitrogens with zero attached hydrogens (tertiary/aromatic N) is 2. The molecule has 112 valence electrons. The summed E-state index contributed by atoms with van der Waals surface area (Å²) in [6.07, 6.45) is 0. The molecule has 21 heavy (non-hydrogen) atoms. The van der Waals surface area contributed by atoms with Crippen LogP contribution in [-0.4, -0.2) is 27.9 Å². The van der Waals surface area contributed by atoms with Gasteiger partial charge in [0.05, 0.1) is 15.1 Å². The maximum atomic E-state index is 11.9. The highest BCUT2D eigenvalue weighted by Crippen LogP contribution is 2.34. The summed E-state index contributed by atoms with van der Waals surface area (Å²) in [5.74, 6) is -0.210. The average molecular weight is 308 g/mol. The summed E-state index contributed by atoms with van der Waals surface area (Å²) in [6.45, 7) is 5.37. The molecule has 0 aliphatic carbocycles. The largest absolute Gasteiger partial charge is 0.368 e. The van der Waals surface area contributed by atoms with Gasteiger partial charge in [0.15, 0.2) is 5.52 Å². The molecule has 1 heterocycles. The summed E-state index contributed by atoms with van der Waals surface area (Å²) >= 11 is 1.34. The van der Waals surface area contributed by atoms with Crippen molar-refractivity contribution in [3.8, 4) is 0 Å². The minimum absolute atomic E-state index is 0.0118. The summed E-state index contributed by atoms with van der Waals surface area (Å²) < 4.78 is 0.742. The number of amides is 1. The van der Waals surface area contributed by atoms with Crippen LogP contribution >= 0.6 is 11.3 Å².